The van der Waals surface area contributed by atoms with Gasteiger partial charge < -0.3 is 0 Å². The van der Waals surface area contributed by atoms with Gasteiger partial charge in [-0.1, -0.05) is 225 Å². The zero-order valence-electron chi connectivity index (χ0n) is 26.4. The lowest BCUT2D eigenvalue weighted by Gasteiger charge is -2.28. The maximum atomic E-state index is 2.46. The summed E-state index contributed by atoms with van der Waals surface area (Å²) in [6, 6.07) is 6.15. The second kappa shape index (κ2) is 29.8. The van der Waals surface area contributed by atoms with Gasteiger partial charge in [0.15, 0.2) is 0 Å². The molecule has 0 aromatic heterocycles. The topological polar surface area (TPSA) is 0 Å². The molecule has 0 aromatic carbocycles. The van der Waals surface area contributed by atoms with E-state index < -0.39 is 8.07 Å². The average Bonchev–Trinajstić information content (AvgIpc) is 2.91. The number of rotatable bonds is 31. The molecule has 0 spiro atoms. The molecule has 0 aliphatic carbocycles. The summed E-state index contributed by atoms with van der Waals surface area (Å²) in [5.74, 6) is 0. The van der Waals surface area contributed by atoms with Gasteiger partial charge in [0.05, 0.1) is 8.07 Å². The van der Waals surface area contributed by atoms with Crippen molar-refractivity contribution in [3.8, 4) is 0 Å². The molecule has 0 aromatic rings. The van der Waals surface area contributed by atoms with E-state index in [1.54, 1.807) is 6.04 Å². The van der Waals surface area contributed by atoms with Crippen LogP contribution in [0.1, 0.15) is 201 Å². The monoisotopic (exact) mass is 523 g/mol. The first-order valence-electron chi connectivity index (χ1n) is 17.7. The molecule has 0 fully saturated rings. The maximum Gasteiger partial charge on any atom is 0.0527 e. The van der Waals surface area contributed by atoms with Crippen molar-refractivity contribution >= 4 is 8.07 Å². The van der Waals surface area contributed by atoms with E-state index in [1.165, 1.54) is 191 Å². The molecule has 0 heterocycles. The van der Waals surface area contributed by atoms with Crippen LogP contribution >= 0.6 is 0 Å². The van der Waals surface area contributed by atoms with Crippen molar-refractivity contribution in [3.63, 3.8) is 0 Å². The van der Waals surface area contributed by atoms with Crippen molar-refractivity contribution in [3.05, 3.63) is 0 Å². The third kappa shape index (κ3) is 24.5. The fraction of sp³-hybridized carbons (Fsp3) is 1.00. The van der Waals surface area contributed by atoms with E-state index >= 15 is 0 Å². The molecular formula is C35H74Si. The average molecular weight is 523 g/mol. The smallest absolute Gasteiger partial charge is 0.0527 e. The van der Waals surface area contributed by atoms with E-state index in [0.717, 1.165) is 0 Å². The van der Waals surface area contributed by atoms with Crippen LogP contribution in [-0.4, -0.2) is 8.07 Å². The van der Waals surface area contributed by atoms with E-state index in [-0.39, 0.29) is 0 Å². The van der Waals surface area contributed by atoms with Crippen LogP contribution in [0.3, 0.4) is 0 Å². The minimum atomic E-state index is -0.839. The van der Waals surface area contributed by atoms with Crippen LogP contribution in [0.2, 0.25) is 24.2 Å². The fourth-order valence-corrected chi connectivity index (χ4v) is 9.83. The Kier molecular flexibility index (Phi) is 29.9. The summed E-state index contributed by atoms with van der Waals surface area (Å²) < 4.78 is 0. The highest BCUT2D eigenvalue weighted by atomic mass is 28.3. The second-order valence-corrected chi connectivity index (χ2v) is 18.1. The first-order chi connectivity index (χ1) is 17.7. The Morgan fingerprint density at radius 1 is 0.250 bits per heavy atom. The number of unbranched alkanes of at least 4 members (excludes halogenated alkanes) is 26. The molecule has 0 amide bonds. The molecule has 0 aliphatic heterocycles. The first-order valence-corrected chi connectivity index (χ1v) is 20.6. The lowest BCUT2D eigenvalue weighted by molar-refractivity contribution is 0.515. The minimum absolute atomic E-state index is 0.839. The third-order valence-corrected chi connectivity index (χ3v) is 15.5. The Hall–Kier alpha value is 0.217. The highest BCUT2D eigenvalue weighted by Gasteiger charge is 2.25. The molecule has 0 saturated heterocycles. The van der Waals surface area contributed by atoms with E-state index in [9.17, 15) is 0 Å². The maximum absolute atomic E-state index is 2.46. The predicted molar refractivity (Wildman–Crippen MR) is 172 cm³/mol. The summed E-state index contributed by atoms with van der Waals surface area (Å²) in [7, 11) is -0.839. The summed E-state index contributed by atoms with van der Waals surface area (Å²) in [5, 5.41) is 0. The Balaban J connectivity index is 3.13. The summed E-state index contributed by atoms with van der Waals surface area (Å²) in [4.78, 5) is 0. The van der Waals surface area contributed by atoms with Crippen molar-refractivity contribution in [2.24, 2.45) is 0 Å². The van der Waals surface area contributed by atoms with Gasteiger partial charge in [0.25, 0.3) is 0 Å². The van der Waals surface area contributed by atoms with Crippen molar-refractivity contribution < 1.29 is 0 Å². The normalized spacial score (nSPS) is 12.0. The molecule has 0 unspecified atom stereocenters. The highest BCUT2D eigenvalue weighted by molar-refractivity contribution is 6.79. The molecule has 0 atom stereocenters. The van der Waals surface area contributed by atoms with Crippen LogP contribution in [0.25, 0.3) is 0 Å². The Bertz CT molecular complexity index is 378. The van der Waals surface area contributed by atoms with Crippen LogP contribution in [0.5, 0.6) is 0 Å². The minimum Gasteiger partial charge on any atom is -0.0678 e. The molecule has 0 nitrogen and oxygen atoms in total. The van der Waals surface area contributed by atoms with Gasteiger partial charge in [0.2, 0.25) is 0 Å². The molecule has 0 bridgehead atoms. The molecule has 0 rings (SSSR count). The molecule has 1 heteroatoms. The van der Waals surface area contributed by atoms with E-state index in [1.807, 2.05) is 0 Å². The van der Waals surface area contributed by atoms with Crippen molar-refractivity contribution in [2.75, 3.05) is 0 Å². The van der Waals surface area contributed by atoms with Gasteiger partial charge in [-0.05, 0) is 0 Å². The molecule has 218 valence electrons. The predicted octanol–water partition coefficient (Wildman–Crippen LogP) is 14.0. The SMILES string of the molecule is CCCCCCCCCCCCCCCCCCCCCCCCCCCCC[Si](CC)(CC)CC. The lowest BCUT2D eigenvalue weighted by Crippen LogP contribution is -2.30. The van der Waals surface area contributed by atoms with Gasteiger partial charge in [0.1, 0.15) is 0 Å². The zero-order chi connectivity index (χ0) is 26.4. The lowest BCUT2D eigenvalue weighted by atomic mass is 10.0. The molecule has 0 saturated carbocycles. The van der Waals surface area contributed by atoms with Gasteiger partial charge in [-0.15, -0.1) is 0 Å². The number of hydrogen-bond donors (Lipinski definition) is 0. The Morgan fingerprint density at radius 3 is 0.639 bits per heavy atom. The highest BCUT2D eigenvalue weighted by Crippen LogP contribution is 2.27. The third-order valence-electron chi connectivity index (χ3n) is 9.56. The van der Waals surface area contributed by atoms with Crippen molar-refractivity contribution in [2.45, 2.75) is 225 Å². The Labute approximate surface area is 233 Å². The zero-order valence-corrected chi connectivity index (χ0v) is 27.4. The summed E-state index contributed by atoms with van der Waals surface area (Å²) in [6.45, 7) is 9.68. The Morgan fingerprint density at radius 2 is 0.444 bits per heavy atom. The van der Waals surface area contributed by atoms with E-state index in [0.29, 0.717) is 0 Å². The van der Waals surface area contributed by atoms with Crippen LogP contribution in [0.15, 0.2) is 0 Å². The van der Waals surface area contributed by atoms with E-state index in [2.05, 4.69) is 27.7 Å². The van der Waals surface area contributed by atoms with Crippen LogP contribution in [0.4, 0.5) is 0 Å². The molecule has 0 aliphatic rings. The van der Waals surface area contributed by atoms with Gasteiger partial charge in [0, 0.05) is 0 Å². The number of hydrogen-bond acceptors (Lipinski definition) is 0. The van der Waals surface area contributed by atoms with Crippen LogP contribution < -0.4 is 0 Å². The molecule has 0 N–H and O–H groups in total. The molecular weight excluding hydrogens is 448 g/mol. The summed E-state index contributed by atoms with van der Waals surface area (Å²) in [5.41, 5.74) is 0. The van der Waals surface area contributed by atoms with Crippen molar-refractivity contribution in [1.82, 2.24) is 0 Å². The summed E-state index contributed by atoms with van der Waals surface area (Å²) in [6.07, 6.45) is 40.2. The first kappa shape index (κ1) is 36.2. The van der Waals surface area contributed by atoms with Crippen LogP contribution in [-0.2, 0) is 0 Å². The standard InChI is InChI=1S/C35H74Si/c1-5-9-10-11-12-13-14-15-16-17-18-19-20-21-22-23-24-25-26-27-28-29-30-31-32-33-34-35-36(6-2,7-3)8-4/h5-35H2,1-4H3. The quantitative estimate of drug-likeness (QED) is 0.0627. The second-order valence-electron chi connectivity index (χ2n) is 12.5. The molecule has 36 heavy (non-hydrogen) atoms. The van der Waals surface area contributed by atoms with Gasteiger partial charge in [-0.3, -0.25) is 0 Å². The molecule has 0 radical (unpaired) electrons. The van der Waals surface area contributed by atoms with E-state index in [4.69, 9.17) is 0 Å². The van der Waals surface area contributed by atoms with Gasteiger partial charge in [-0.25, -0.2) is 0 Å². The fourth-order valence-electron chi connectivity index (χ4n) is 6.27. The van der Waals surface area contributed by atoms with Gasteiger partial charge >= 0.3 is 0 Å². The summed E-state index contributed by atoms with van der Waals surface area (Å²) >= 11 is 0. The van der Waals surface area contributed by atoms with Gasteiger partial charge in [-0.2, -0.15) is 0 Å². The largest absolute Gasteiger partial charge is 0.0678 e. The van der Waals surface area contributed by atoms with Crippen LogP contribution in [0, 0.1) is 0 Å². The van der Waals surface area contributed by atoms with Crippen molar-refractivity contribution in [1.29, 1.82) is 0 Å².